The van der Waals surface area contributed by atoms with Gasteiger partial charge in [-0.1, -0.05) is 24.3 Å². The molecule has 132 valence electrons. The van der Waals surface area contributed by atoms with E-state index in [1.54, 1.807) is 11.3 Å². The number of nitrogens with zero attached hydrogens (tertiary/aromatic N) is 2. The molecule has 1 atom stereocenters. The molecule has 0 saturated heterocycles. The fraction of sp³-hybridized carbons (Fsp3) is 0.444. The zero-order chi connectivity index (χ0) is 16.8. The van der Waals surface area contributed by atoms with Crippen LogP contribution in [0.4, 0.5) is 0 Å². The van der Waals surface area contributed by atoms with Crippen molar-refractivity contribution in [1.29, 1.82) is 0 Å². The molecular weight excluding hydrogens is 431 g/mol. The minimum atomic E-state index is 0. The predicted molar refractivity (Wildman–Crippen MR) is 115 cm³/mol. The van der Waals surface area contributed by atoms with Crippen molar-refractivity contribution in [3.05, 3.63) is 51.0 Å². The molecule has 0 aliphatic rings. The highest BCUT2D eigenvalue weighted by Crippen LogP contribution is 2.18. The van der Waals surface area contributed by atoms with Crippen LogP contribution in [0.25, 0.3) is 0 Å². The molecule has 0 aliphatic heterocycles. The number of hydrogen-bond donors (Lipinski definition) is 2. The Balaban J connectivity index is 0.00000288. The smallest absolute Gasteiger partial charge is 0.191 e. The van der Waals surface area contributed by atoms with Gasteiger partial charge in [-0.15, -0.1) is 35.3 Å². The lowest BCUT2D eigenvalue weighted by Gasteiger charge is -2.19. The van der Waals surface area contributed by atoms with Gasteiger partial charge in [0.15, 0.2) is 5.96 Å². The fourth-order valence-corrected chi connectivity index (χ4v) is 3.59. The monoisotopic (exact) mass is 458 g/mol. The summed E-state index contributed by atoms with van der Waals surface area (Å²) in [5.74, 6) is 0.833. The van der Waals surface area contributed by atoms with Crippen LogP contribution >= 0.6 is 35.3 Å². The summed E-state index contributed by atoms with van der Waals surface area (Å²) in [5, 5.41) is 7.98. The second-order valence-electron chi connectivity index (χ2n) is 5.71. The van der Waals surface area contributed by atoms with Crippen molar-refractivity contribution in [3.8, 4) is 0 Å². The lowest BCUT2D eigenvalue weighted by atomic mass is 10.0. The summed E-state index contributed by atoms with van der Waals surface area (Å²) in [4.78, 5) is 10.1. The Kier molecular flexibility index (Phi) is 8.69. The number of thiazole rings is 1. The molecule has 2 rings (SSSR count). The Morgan fingerprint density at radius 1 is 1.25 bits per heavy atom. The second kappa shape index (κ2) is 9.98. The number of hydrogen-bond acceptors (Lipinski definition) is 3. The van der Waals surface area contributed by atoms with E-state index in [1.807, 2.05) is 7.05 Å². The first kappa shape index (κ1) is 20.9. The molecule has 2 aromatic rings. The van der Waals surface area contributed by atoms with Gasteiger partial charge in [0.05, 0.1) is 16.7 Å². The van der Waals surface area contributed by atoms with Crippen LogP contribution in [-0.2, 0) is 6.42 Å². The van der Waals surface area contributed by atoms with Crippen LogP contribution < -0.4 is 10.6 Å². The van der Waals surface area contributed by atoms with E-state index in [0.29, 0.717) is 0 Å². The molecule has 0 radical (unpaired) electrons. The van der Waals surface area contributed by atoms with E-state index in [4.69, 9.17) is 0 Å². The molecular formula is C18H27IN4S. The maximum absolute atomic E-state index is 4.47. The van der Waals surface area contributed by atoms with Gasteiger partial charge < -0.3 is 10.6 Å². The topological polar surface area (TPSA) is 49.3 Å². The third-order valence-electron chi connectivity index (χ3n) is 3.88. The molecule has 0 amide bonds. The van der Waals surface area contributed by atoms with Crippen molar-refractivity contribution < 1.29 is 0 Å². The van der Waals surface area contributed by atoms with Crippen LogP contribution in [0.1, 0.15) is 39.7 Å². The minimum absolute atomic E-state index is 0. The van der Waals surface area contributed by atoms with Crippen molar-refractivity contribution in [1.82, 2.24) is 15.6 Å². The quantitative estimate of drug-likeness (QED) is 0.402. The number of aromatic nitrogens is 1. The van der Waals surface area contributed by atoms with Gasteiger partial charge in [0, 0.05) is 24.9 Å². The lowest BCUT2D eigenvalue weighted by molar-refractivity contribution is 0.681. The molecule has 0 aliphatic carbocycles. The van der Waals surface area contributed by atoms with Gasteiger partial charge in [-0.05, 0) is 38.8 Å². The van der Waals surface area contributed by atoms with Gasteiger partial charge in [0.1, 0.15) is 0 Å². The molecule has 2 N–H and O–H groups in total. The standard InChI is InChI=1S/C18H26N4S.HI/c1-12-8-6-7-9-16(12)13(2)22-18(19-5)20-11-10-17-14(3)21-15(4)23-17;/h6-9,13H,10-11H2,1-5H3,(H2,19,20,22);1H. The third kappa shape index (κ3) is 5.73. The van der Waals surface area contributed by atoms with E-state index >= 15 is 0 Å². The normalized spacial score (nSPS) is 12.5. The third-order valence-corrected chi connectivity index (χ3v) is 5.01. The van der Waals surface area contributed by atoms with Crippen LogP contribution in [-0.4, -0.2) is 24.5 Å². The number of guanidine groups is 1. The van der Waals surface area contributed by atoms with Crippen molar-refractivity contribution >= 4 is 41.3 Å². The molecule has 1 aromatic heterocycles. The van der Waals surface area contributed by atoms with Crippen LogP contribution in [0.15, 0.2) is 29.3 Å². The largest absolute Gasteiger partial charge is 0.356 e. The van der Waals surface area contributed by atoms with Crippen LogP contribution in [0.5, 0.6) is 0 Å². The highest BCUT2D eigenvalue weighted by molar-refractivity contribution is 14.0. The first-order valence-corrected chi connectivity index (χ1v) is 8.78. The van der Waals surface area contributed by atoms with Gasteiger partial charge >= 0.3 is 0 Å². The molecule has 0 fully saturated rings. The molecule has 1 aromatic carbocycles. The van der Waals surface area contributed by atoms with Crippen molar-refractivity contribution in [2.45, 2.75) is 40.2 Å². The van der Waals surface area contributed by atoms with E-state index in [1.165, 1.54) is 16.0 Å². The Morgan fingerprint density at radius 2 is 1.96 bits per heavy atom. The molecule has 0 bridgehead atoms. The zero-order valence-electron chi connectivity index (χ0n) is 15.0. The molecule has 24 heavy (non-hydrogen) atoms. The van der Waals surface area contributed by atoms with Crippen molar-refractivity contribution in [2.24, 2.45) is 4.99 Å². The predicted octanol–water partition coefficient (Wildman–Crippen LogP) is 4.16. The van der Waals surface area contributed by atoms with Crippen LogP contribution in [0, 0.1) is 20.8 Å². The van der Waals surface area contributed by atoms with E-state index in [9.17, 15) is 0 Å². The van der Waals surface area contributed by atoms with Crippen LogP contribution in [0.3, 0.4) is 0 Å². The summed E-state index contributed by atoms with van der Waals surface area (Å²) >= 11 is 1.77. The molecule has 4 nitrogen and oxygen atoms in total. The first-order chi connectivity index (χ1) is 11.0. The van der Waals surface area contributed by atoms with E-state index in [0.717, 1.165) is 29.6 Å². The van der Waals surface area contributed by atoms with Crippen LogP contribution in [0.2, 0.25) is 0 Å². The SMILES string of the molecule is CN=C(NCCc1sc(C)nc1C)NC(C)c1ccccc1C.I. The van der Waals surface area contributed by atoms with Gasteiger partial charge in [-0.2, -0.15) is 0 Å². The van der Waals surface area contributed by atoms with Gasteiger partial charge in [-0.25, -0.2) is 4.98 Å². The Hall–Kier alpha value is -1.15. The number of halogens is 1. The Morgan fingerprint density at radius 3 is 2.54 bits per heavy atom. The molecule has 1 unspecified atom stereocenters. The van der Waals surface area contributed by atoms with Crippen molar-refractivity contribution in [3.63, 3.8) is 0 Å². The fourth-order valence-electron chi connectivity index (χ4n) is 2.65. The summed E-state index contributed by atoms with van der Waals surface area (Å²) < 4.78 is 0. The lowest BCUT2D eigenvalue weighted by Crippen LogP contribution is -2.39. The average Bonchev–Trinajstić information content (AvgIpc) is 2.84. The minimum Gasteiger partial charge on any atom is -0.356 e. The Labute approximate surface area is 166 Å². The number of aliphatic imine (C=N–C) groups is 1. The van der Waals surface area contributed by atoms with Gasteiger partial charge in [-0.3, -0.25) is 4.99 Å². The zero-order valence-corrected chi connectivity index (χ0v) is 18.2. The summed E-state index contributed by atoms with van der Waals surface area (Å²) in [6.07, 6.45) is 0.969. The van der Waals surface area contributed by atoms with E-state index in [2.05, 4.69) is 72.6 Å². The summed E-state index contributed by atoms with van der Waals surface area (Å²) in [6, 6.07) is 8.65. The van der Waals surface area contributed by atoms with Crippen molar-refractivity contribution in [2.75, 3.05) is 13.6 Å². The molecule has 6 heteroatoms. The second-order valence-corrected chi connectivity index (χ2v) is 7.00. The van der Waals surface area contributed by atoms with E-state index in [-0.39, 0.29) is 30.0 Å². The maximum atomic E-state index is 4.47. The molecule has 1 heterocycles. The highest BCUT2D eigenvalue weighted by Gasteiger charge is 2.10. The number of aryl methyl sites for hydroxylation is 3. The number of benzene rings is 1. The highest BCUT2D eigenvalue weighted by atomic mass is 127. The van der Waals surface area contributed by atoms with Gasteiger partial charge in [0.2, 0.25) is 0 Å². The van der Waals surface area contributed by atoms with E-state index < -0.39 is 0 Å². The Bertz CT molecular complexity index is 681. The summed E-state index contributed by atoms with van der Waals surface area (Å²) in [7, 11) is 1.81. The van der Waals surface area contributed by atoms with Gasteiger partial charge in [0.25, 0.3) is 0 Å². The number of nitrogens with one attached hydrogen (secondary N) is 2. The average molecular weight is 458 g/mol. The summed E-state index contributed by atoms with van der Waals surface area (Å²) in [6.45, 7) is 9.28. The molecule has 0 spiro atoms. The number of rotatable bonds is 5. The molecule has 0 saturated carbocycles. The summed E-state index contributed by atoms with van der Waals surface area (Å²) in [5.41, 5.74) is 3.73. The first-order valence-electron chi connectivity index (χ1n) is 7.97. The maximum Gasteiger partial charge on any atom is 0.191 e.